The molecule has 1 fully saturated rings. The van der Waals surface area contributed by atoms with E-state index in [9.17, 15) is 14.4 Å². The number of ether oxygens (including phenoxy) is 1. The van der Waals surface area contributed by atoms with Gasteiger partial charge in [0.1, 0.15) is 6.04 Å². The van der Waals surface area contributed by atoms with Gasteiger partial charge in [-0.3, -0.25) is 9.59 Å². The molecule has 0 unspecified atom stereocenters. The van der Waals surface area contributed by atoms with Crippen molar-refractivity contribution in [2.45, 2.75) is 45.1 Å². The summed E-state index contributed by atoms with van der Waals surface area (Å²) in [5.41, 5.74) is 1.82. The quantitative estimate of drug-likeness (QED) is 0.780. The summed E-state index contributed by atoms with van der Waals surface area (Å²) in [6, 6.07) is 10.0. The lowest BCUT2D eigenvalue weighted by molar-refractivity contribution is -0.151. The van der Waals surface area contributed by atoms with Gasteiger partial charge in [-0.05, 0) is 48.1 Å². The smallest absolute Gasteiger partial charge is 0.329 e. The van der Waals surface area contributed by atoms with Crippen LogP contribution in [0.15, 0.2) is 47.1 Å². The number of carbonyl (C=O) groups excluding carboxylic acids is 3. The van der Waals surface area contributed by atoms with E-state index in [0.717, 1.165) is 5.56 Å². The van der Waals surface area contributed by atoms with Crippen LogP contribution in [0.1, 0.15) is 49.7 Å². The Morgan fingerprint density at radius 3 is 2.52 bits per heavy atom. The second kappa shape index (κ2) is 8.51. The highest BCUT2D eigenvalue weighted by Gasteiger charge is 2.36. The Bertz CT molecular complexity index is 866. The third kappa shape index (κ3) is 5.04. The summed E-state index contributed by atoms with van der Waals surface area (Å²) in [6.07, 6.45) is 2.61. The van der Waals surface area contributed by atoms with Gasteiger partial charge >= 0.3 is 5.97 Å². The maximum absolute atomic E-state index is 12.4. The van der Waals surface area contributed by atoms with Crippen molar-refractivity contribution >= 4 is 23.5 Å². The lowest BCUT2D eigenvalue weighted by Gasteiger charge is -2.22. The molecule has 1 atom stereocenters. The minimum Gasteiger partial charge on any atom is -0.459 e. The molecule has 1 aliphatic heterocycles. The molecule has 1 aromatic carbocycles. The van der Waals surface area contributed by atoms with E-state index >= 15 is 0 Å². The molecule has 2 amide bonds. The third-order valence-electron chi connectivity index (χ3n) is 4.90. The number of nitrogens with zero attached hydrogens (tertiary/aromatic N) is 1. The number of hydrogen-bond acceptors (Lipinski definition) is 5. The molecule has 1 N–H and O–H groups in total. The highest BCUT2D eigenvalue weighted by atomic mass is 16.5. The highest BCUT2D eigenvalue weighted by molar-refractivity contribution is 5.96. The van der Waals surface area contributed by atoms with Crippen molar-refractivity contribution in [3.63, 3.8) is 0 Å². The first-order valence-corrected chi connectivity index (χ1v) is 9.67. The van der Waals surface area contributed by atoms with Crippen molar-refractivity contribution in [3.8, 4) is 0 Å². The fourth-order valence-corrected chi connectivity index (χ4v) is 3.28. The van der Waals surface area contributed by atoms with Gasteiger partial charge < -0.3 is 19.4 Å². The van der Waals surface area contributed by atoms with Crippen molar-refractivity contribution in [1.29, 1.82) is 0 Å². The van der Waals surface area contributed by atoms with E-state index in [2.05, 4.69) is 26.1 Å². The topological polar surface area (TPSA) is 88.9 Å². The number of nitrogens with one attached hydrogen (secondary N) is 1. The summed E-state index contributed by atoms with van der Waals surface area (Å²) in [6.45, 7) is 6.39. The normalized spacial score (nSPS) is 16.5. The van der Waals surface area contributed by atoms with Crippen molar-refractivity contribution in [2.75, 3.05) is 18.5 Å². The molecule has 7 heteroatoms. The van der Waals surface area contributed by atoms with Gasteiger partial charge in [0, 0.05) is 12.2 Å². The molecular formula is C22H26N2O5. The second-order valence-corrected chi connectivity index (χ2v) is 8.12. The Balaban J connectivity index is 1.52. The van der Waals surface area contributed by atoms with Crippen LogP contribution in [-0.4, -0.2) is 41.9 Å². The van der Waals surface area contributed by atoms with E-state index < -0.39 is 24.5 Å². The van der Waals surface area contributed by atoms with E-state index in [-0.39, 0.29) is 17.1 Å². The lowest BCUT2D eigenvalue weighted by atomic mass is 9.87. The third-order valence-corrected chi connectivity index (χ3v) is 4.90. The van der Waals surface area contributed by atoms with Crippen molar-refractivity contribution in [1.82, 2.24) is 4.90 Å². The monoisotopic (exact) mass is 398 g/mol. The van der Waals surface area contributed by atoms with Gasteiger partial charge in [-0.25, -0.2) is 4.79 Å². The largest absolute Gasteiger partial charge is 0.459 e. The number of furan rings is 1. The Labute approximate surface area is 170 Å². The van der Waals surface area contributed by atoms with Crippen LogP contribution in [0.25, 0.3) is 0 Å². The SMILES string of the molecule is CC(C)(C)c1ccc(NC(=O)COC(=O)[C@@H]2CCCN2C(=O)c2ccco2)cc1. The number of amides is 2. The summed E-state index contributed by atoms with van der Waals surface area (Å²) >= 11 is 0. The molecule has 154 valence electrons. The first kappa shape index (κ1) is 20.6. The molecule has 0 bridgehead atoms. The number of benzene rings is 1. The van der Waals surface area contributed by atoms with Crippen molar-refractivity contribution in [2.24, 2.45) is 0 Å². The summed E-state index contributed by atoms with van der Waals surface area (Å²) in [5.74, 6) is -1.18. The Hall–Kier alpha value is -3.09. The van der Waals surface area contributed by atoms with Gasteiger partial charge in [0.25, 0.3) is 11.8 Å². The number of likely N-dealkylation sites (tertiary alicyclic amines) is 1. The fraction of sp³-hybridized carbons (Fsp3) is 0.409. The average Bonchev–Trinajstić information content (AvgIpc) is 3.37. The van der Waals surface area contributed by atoms with E-state index in [1.54, 1.807) is 12.1 Å². The van der Waals surface area contributed by atoms with Crippen LogP contribution in [0.4, 0.5) is 5.69 Å². The zero-order chi connectivity index (χ0) is 21.0. The molecule has 3 rings (SSSR count). The predicted octanol–water partition coefficient (Wildman–Crippen LogP) is 3.36. The Kier molecular flexibility index (Phi) is 6.06. The van der Waals surface area contributed by atoms with Crippen molar-refractivity contribution < 1.29 is 23.5 Å². The molecule has 1 saturated heterocycles. The van der Waals surface area contributed by atoms with Gasteiger partial charge in [0.2, 0.25) is 0 Å². The van der Waals surface area contributed by atoms with E-state index in [1.165, 1.54) is 11.2 Å². The molecule has 0 radical (unpaired) electrons. The molecular weight excluding hydrogens is 372 g/mol. The van der Waals surface area contributed by atoms with Crippen LogP contribution < -0.4 is 5.32 Å². The molecule has 2 heterocycles. The highest BCUT2D eigenvalue weighted by Crippen LogP contribution is 2.24. The van der Waals surface area contributed by atoms with Crippen LogP contribution in [0, 0.1) is 0 Å². The molecule has 0 spiro atoms. The first-order valence-electron chi connectivity index (χ1n) is 9.67. The molecule has 7 nitrogen and oxygen atoms in total. The molecule has 0 aliphatic carbocycles. The fourth-order valence-electron chi connectivity index (χ4n) is 3.28. The summed E-state index contributed by atoms with van der Waals surface area (Å²) in [5, 5.41) is 2.71. The number of anilines is 1. The van der Waals surface area contributed by atoms with Gasteiger partial charge in [0.05, 0.1) is 6.26 Å². The summed E-state index contributed by atoms with van der Waals surface area (Å²) in [4.78, 5) is 38.4. The zero-order valence-electron chi connectivity index (χ0n) is 16.9. The van der Waals surface area contributed by atoms with Gasteiger partial charge in [-0.2, -0.15) is 0 Å². The minimum atomic E-state index is -0.702. The van der Waals surface area contributed by atoms with E-state index in [1.807, 2.05) is 24.3 Å². The van der Waals surface area contributed by atoms with Gasteiger partial charge in [0.15, 0.2) is 12.4 Å². The van der Waals surface area contributed by atoms with Crippen LogP contribution in [0.3, 0.4) is 0 Å². The number of carbonyl (C=O) groups is 3. The Morgan fingerprint density at radius 1 is 1.17 bits per heavy atom. The number of hydrogen-bond donors (Lipinski definition) is 1. The van der Waals surface area contributed by atoms with E-state index in [0.29, 0.717) is 25.1 Å². The first-order chi connectivity index (χ1) is 13.8. The molecule has 1 aromatic heterocycles. The van der Waals surface area contributed by atoms with E-state index in [4.69, 9.17) is 9.15 Å². The van der Waals surface area contributed by atoms with Crippen LogP contribution in [-0.2, 0) is 19.7 Å². The van der Waals surface area contributed by atoms with Crippen LogP contribution >= 0.6 is 0 Å². The zero-order valence-corrected chi connectivity index (χ0v) is 16.9. The molecule has 1 aliphatic rings. The van der Waals surface area contributed by atoms with Crippen molar-refractivity contribution in [3.05, 3.63) is 54.0 Å². The van der Waals surface area contributed by atoms with Gasteiger partial charge in [-0.1, -0.05) is 32.9 Å². The maximum atomic E-state index is 12.4. The number of rotatable bonds is 5. The molecule has 0 saturated carbocycles. The molecule has 2 aromatic rings. The summed E-state index contributed by atoms with van der Waals surface area (Å²) < 4.78 is 10.3. The second-order valence-electron chi connectivity index (χ2n) is 8.12. The van der Waals surface area contributed by atoms with Crippen LogP contribution in [0.5, 0.6) is 0 Å². The maximum Gasteiger partial charge on any atom is 0.329 e. The number of esters is 1. The molecule has 29 heavy (non-hydrogen) atoms. The average molecular weight is 398 g/mol. The van der Waals surface area contributed by atoms with Gasteiger partial charge in [-0.15, -0.1) is 0 Å². The lowest BCUT2D eigenvalue weighted by Crippen LogP contribution is -2.42. The standard InChI is InChI=1S/C22H26N2O5/c1-22(2,3)15-8-10-16(11-9-15)23-19(25)14-29-21(27)17-6-4-12-24(17)20(26)18-7-5-13-28-18/h5,7-11,13,17H,4,6,12,14H2,1-3H3,(H,23,25)/t17-/m0/s1. The predicted molar refractivity (Wildman–Crippen MR) is 107 cm³/mol. The summed E-state index contributed by atoms with van der Waals surface area (Å²) in [7, 11) is 0. The van der Waals surface area contributed by atoms with Crippen LogP contribution in [0.2, 0.25) is 0 Å². The minimum absolute atomic E-state index is 0.0261. The Morgan fingerprint density at radius 2 is 1.90 bits per heavy atom.